The Morgan fingerprint density at radius 3 is 2.33 bits per heavy atom. The Morgan fingerprint density at radius 1 is 1.08 bits per heavy atom. The molecule has 24 heavy (non-hydrogen) atoms. The largest absolute Gasteiger partial charge is 0.486 e. The number of carbonyl (C=O) groups excluding carboxylic acids is 2. The van der Waals surface area contributed by atoms with Crippen LogP contribution in [0.3, 0.4) is 0 Å². The molecule has 1 aliphatic rings. The van der Waals surface area contributed by atoms with Gasteiger partial charge in [-0.2, -0.15) is 0 Å². The quantitative estimate of drug-likeness (QED) is 0.800. The van der Waals surface area contributed by atoms with Crippen molar-refractivity contribution in [3.8, 4) is 11.5 Å². The molecule has 124 valence electrons. The number of rotatable bonds is 4. The van der Waals surface area contributed by atoms with Gasteiger partial charge in [0, 0.05) is 28.1 Å². The van der Waals surface area contributed by atoms with Crippen LogP contribution in [0, 0.1) is 0 Å². The van der Waals surface area contributed by atoms with Crippen molar-refractivity contribution in [1.82, 2.24) is 0 Å². The Balaban J connectivity index is 1.94. The van der Waals surface area contributed by atoms with E-state index in [1.54, 1.807) is 43.3 Å². The molecule has 1 aliphatic heterocycles. The lowest BCUT2D eigenvalue weighted by Crippen LogP contribution is -2.18. The summed E-state index contributed by atoms with van der Waals surface area (Å²) in [7, 11) is 0. The minimum Gasteiger partial charge on any atom is -0.486 e. The molecule has 0 bridgehead atoms. The molecule has 0 radical (unpaired) electrons. The molecule has 0 atom stereocenters. The minimum absolute atomic E-state index is 0.0712. The molecule has 0 aromatic heterocycles. The van der Waals surface area contributed by atoms with Crippen LogP contribution < -0.4 is 14.8 Å². The lowest BCUT2D eigenvalue weighted by Gasteiger charge is -2.21. The van der Waals surface area contributed by atoms with E-state index in [9.17, 15) is 9.59 Å². The number of carbonyl (C=O) groups is 2. The van der Waals surface area contributed by atoms with Crippen molar-refractivity contribution in [2.75, 3.05) is 18.5 Å². The molecule has 0 saturated heterocycles. The monoisotopic (exact) mass is 389 g/mol. The fraction of sp³-hybridized carbons (Fsp3) is 0.222. The minimum atomic E-state index is -0.288. The van der Waals surface area contributed by atoms with Crippen molar-refractivity contribution in [3.63, 3.8) is 0 Å². The highest BCUT2D eigenvalue weighted by molar-refractivity contribution is 9.10. The van der Waals surface area contributed by atoms with E-state index in [0.29, 0.717) is 47.9 Å². The van der Waals surface area contributed by atoms with E-state index in [2.05, 4.69) is 21.2 Å². The van der Waals surface area contributed by atoms with Gasteiger partial charge < -0.3 is 14.8 Å². The molecule has 0 fully saturated rings. The topological polar surface area (TPSA) is 64.6 Å². The van der Waals surface area contributed by atoms with Gasteiger partial charge in [-0.05, 0) is 30.3 Å². The molecular weight excluding hydrogens is 374 g/mol. The highest BCUT2D eigenvalue weighted by Crippen LogP contribution is 2.36. The number of nitrogens with one attached hydrogen (secondary N) is 1. The first kappa shape index (κ1) is 16.5. The number of fused-ring (bicyclic) bond motifs is 1. The predicted octanol–water partition coefficient (Wildman–Crippen LogP) is 4.07. The fourth-order valence-corrected chi connectivity index (χ4v) is 2.67. The third-order valence-electron chi connectivity index (χ3n) is 3.66. The third-order valence-corrected chi connectivity index (χ3v) is 4.19. The van der Waals surface area contributed by atoms with E-state index >= 15 is 0 Å². The summed E-state index contributed by atoms with van der Waals surface area (Å²) in [6, 6.07) is 10.3. The third kappa shape index (κ3) is 3.43. The van der Waals surface area contributed by atoms with E-state index in [0.717, 1.165) is 4.47 Å². The molecule has 2 aromatic rings. The van der Waals surface area contributed by atoms with Crippen molar-refractivity contribution in [1.29, 1.82) is 0 Å². The second-order valence-corrected chi connectivity index (χ2v) is 6.19. The summed E-state index contributed by atoms with van der Waals surface area (Å²) in [5.41, 5.74) is 1.36. The molecular formula is C18H16BrNO4. The van der Waals surface area contributed by atoms with Gasteiger partial charge in [-0.15, -0.1) is 0 Å². The average molecular weight is 390 g/mol. The summed E-state index contributed by atoms with van der Waals surface area (Å²) in [4.78, 5) is 24.7. The molecule has 0 unspecified atom stereocenters. The Bertz CT molecular complexity index is 786. The van der Waals surface area contributed by atoms with Gasteiger partial charge in [0.15, 0.2) is 17.3 Å². The van der Waals surface area contributed by atoms with E-state index in [-0.39, 0.29) is 11.7 Å². The summed E-state index contributed by atoms with van der Waals surface area (Å²) < 4.78 is 12.0. The summed E-state index contributed by atoms with van der Waals surface area (Å²) >= 11 is 3.34. The molecule has 1 N–H and O–H groups in total. The van der Waals surface area contributed by atoms with Crippen LogP contribution in [0.5, 0.6) is 11.5 Å². The van der Waals surface area contributed by atoms with Gasteiger partial charge >= 0.3 is 0 Å². The standard InChI is InChI=1S/C18H16BrNO4/c1-2-15(21)13-9-16-17(24-8-7-23-16)10-14(13)20-18(22)11-3-5-12(19)6-4-11/h3-6,9-10H,2,7-8H2,1H3,(H,20,22). The van der Waals surface area contributed by atoms with Crippen LogP contribution in [-0.4, -0.2) is 24.9 Å². The maximum Gasteiger partial charge on any atom is 0.255 e. The van der Waals surface area contributed by atoms with Gasteiger partial charge in [-0.3, -0.25) is 9.59 Å². The van der Waals surface area contributed by atoms with Crippen molar-refractivity contribution in [3.05, 3.63) is 52.0 Å². The molecule has 0 saturated carbocycles. The number of Topliss-reactive ketones (excluding diaryl/α,β-unsaturated/α-hetero) is 1. The van der Waals surface area contributed by atoms with Crippen LogP contribution in [0.15, 0.2) is 40.9 Å². The average Bonchev–Trinajstić information content (AvgIpc) is 2.61. The number of ketones is 1. The number of ether oxygens (including phenoxy) is 2. The lowest BCUT2D eigenvalue weighted by atomic mass is 10.0. The smallest absolute Gasteiger partial charge is 0.255 e. The Morgan fingerprint density at radius 2 is 1.71 bits per heavy atom. The summed E-state index contributed by atoms with van der Waals surface area (Å²) in [5, 5.41) is 2.80. The molecule has 0 spiro atoms. The Hall–Kier alpha value is -2.34. The van der Waals surface area contributed by atoms with Crippen molar-refractivity contribution in [2.45, 2.75) is 13.3 Å². The van der Waals surface area contributed by atoms with E-state index in [1.165, 1.54) is 0 Å². The maximum absolute atomic E-state index is 12.4. The fourth-order valence-electron chi connectivity index (χ4n) is 2.41. The van der Waals surface area contributed by atoms with Crippen LogP contribution in [0.1, 0.15) is 34.1 Å². The number of halogens is 1. The Kier molecular flexibility index (Phi) is 4.85. The molecule has 1 heterocycles. The first-order chi connectivity index (χ1) is 11.6. The number of hydrogen-bond donors (Lipinski definition) is 1. The van der Waals surface area contributed by atoms with Gasteiger partial charge in [-0.1, -0.05) is 22.9 Å². The molecule has 0 aliphatic carbocycles. The maximum atomic E-state index is 12.4. The van der Waals surface area contributed by atoms with Crippen molar-refractivity contribution < 1.29 is 19.1 Å². The van der Waals surface area contributed by atoms with Crippen LogP contribution in [0.4, 0.5) is 5.69 Å². The zero-order valence-electron chi connectivity index (χ0n) is 13.1. The van der Waals surface area contributed by atoms with E-state index < -0.39 is 0 Å². The van der Waals surface area contributed by atoms with Crippen molar-refractivity contribution in [2.24, 2.45) is 0 Å². The van der Waals surface area contributed by atoms with Crippen LogP contribution in [0.2, 0.25) is 0 Å². The zero-order valence-corrected chi connectivity index (χ0v) is 14.7. The molecule has 6 heteroatoms. The molecule has 5 nitrogen and oxygen atoms in total. The predicted molar refractivity (Wildman–Crippen MR) is 94.1 cm³/mol. The number of benzene rings is 2. The molecule has 2 aromatic carbocycles. The molecule has 3 rings (SSSR count). The highest BCUT2D eigenvalue weighted by Gasteiger charge is 2.20. The summed E-state index contributed by atoms with van der Waals surface area (Å²) in [6.45, 7) is 2.66. The summed E-state index contributed by atoms with van der Waals surface area (Å²) in [5.74, 6) is 0.696. The summed E-state index contributed by atoms with van der Waals surface area (Å²) in [6.07, 6.45) is 0.334. The number of amides is 1. The SMILES string of the molecule is CCC(=O)c1cc2c(cc1NC(=O)c1ccc(Br)cc1)OCCO2. The van der Waals surface area contributed by atoms with E-state index in [1.807, 2.05) is 0 Å². The van der Waals surface area contributed by atoms with Crippen LogP contribution >= 0.6 is 15.9 Å². The normalized spacial score (nSPS) is 12.6. The molecule has 1 amide bonds. The van der Waals surface area contributed by atoms with Crippen LogP contribution in [-0.2, 0) is 0 Å². The zero-order chi connectivity index (χ0) is 17.1. The second kappa shape index (κ2) is 7.05. The number of anilines is 1. The lowest BCUT2D eigenvalue weighted by molar-refractivity contribution is 0.0988. The van der Waals surface area contributed by atoms with Gasteiger partial charge in [0.25, 0.3) is 5.91 Å². The first-order valence-electron chi connectivity index (χ1n) is 7.62. The van der Waals surface area contributed by atoms with Crippen molar-refractivity contribution >= 4 is 33.3 Å². The second-order valence-electron chi connectivity index (χ2n) is 5.28. The van der Waals surface area contributed by atoms with Gasteiger partial charge in [0.1, 0.15) is 13.2 Å². The van der Waals surface area contributed by atoms with E-state index in [4.69, 9.17) is 9.47 Å². The number of hydrogen-bond acceptors (Lipinski definition) is 4. The van der Waals surface area contributed by atoms with Crippen LogP contribution in [0.25, 0.3) is 0 Å². The van der Waals surface area contributed by atoms with Gasteiger partial charge in [0.2, 0.25) is 0 Å². The first-order valence-corrected chi connectivity index (χ1v) is 8.41. The van der Waals surface area contributed by atoms with Gasteiger partial charge in [0.05, 0.1) is 5.69 Å². The Labute approximate surface area is 148 Å². The highest BCUT2D eigenvalue weighted by atomic mass is 79.9. The van der Waals surface area contributed by atoms with Gasteiger partial charge in [-0.25, -0.2) is 0 Å².